The normalized spacial score (nSPS) is 21.1. The number of aromatic nitrogens is 2. The summed E-state index contributed by atoms with van der Waals surface area (Å²) in [5.74, 6) is -1.69. The van der Waals surface area contributed by atoms with Crippen LogP contribution in [0, 0.1) is 17.0 Å². The Labute approximate surface area is 232 Å². The van der Waals surface area contributed by atoms with Gasteiger partial charge in [-0.1, -0.05) is 25.1 Å². The molecule has 2 fully saturated rings. The summed E-state index contributed by atoms with van der Waals surface area (Å²) in [6, 6.07) is 10.5. The summed E-state index contributed by atoms with van der Waals surface area (Å²) in [5.41, 5.74) is -0.0904. The van der Waals surface area contributed by atoms with E-state index < -0.39 is 22.5 Å². The van der Waals surface area contributed by atoms with E-state index in [2.05, 4.69) is 15.0 Å². The Balaban J connectivity index is 1.31. The standard InChI is InChI=1S/C31H35F2N3O4/c1-30(2,29-5-3-4-12-34-29)15-23(38)16-31(18-36(19-31)21-7-9-22(37)10-8-21)17-27(39)26-14-28(40-35-26)24-11-6-20(32)13-25(24)33/h3-6,11-14,21-22,37H,7-10,15-19H2,1-2H3. The number of benzene rings is 1. The number of aliphatic hydroxyl groups is 1. The van der Waals surface area contributed by atoms with Gasteiger partial charge in [-0.25, -0.2) is 8.78 Å². The number of ketones is 2. The second kappa shape index (κ2) is 11.3. The maximum Gasteiger partial charge on any atom is 0.185 e. The van der Waals surface area contributed by atoms with Crippen LogP contribution in [0.15, 0.2) is 53.2 Å². The molecule has 3 aromatic rings. The summed E-state index contributed by atoms with van der Waals surface area (Å²) in [6.45, 7) is 5.20. The highest BCUT2D eigenvalue weighted by molar-refractivity contribution is 5.96. The Morgan fingerprint density at radius 1 is 1.07 bits per heavy atom. The Morgan fingerprint density at radius 3 is 2.50 bits per heavy atom. The van der Waals surface area contributed by atoms with Crippen LogP contribution in [0.2, 0.25) is 0 Å². The van der Waals surface area contributed by atoms with Crippen molar-refractivity contribution in [1.82, 2.24) is 15.0 Å². The summed E-state index contributed by atoms with van der Waals surface area (Å²) in [5, 5.41) is 13.8. The fraction of sp³-hybridized carbons (Fsp3) is 0.484. The van der Waals surface area contributed by atoms with Crippen LogP contribution in [0.5, 0.6) is 0 Å². The molecule has 212 valence electrons. The minimum absolute atomic E-state index is 0.0175. The van der Waals surface area contributed by atoms with Crippen LogP contribution < -0.4 is 0 Å². The van der Waals surface area contributed by atoms with Crippen molar-refractivity contribution in [3.05, 3.63) is 71.7 Å². The monoisotopic (exact) mass is 551 g/mol. The molecular weight excluding hydrogens is 516 g/mol. The van der Waals surface area contributed by atoms with E-state index in [1.807, 2.05) is 32.0 Å². The SMILES string of the molecule is CC(C)(CC(=O)CC1(CC(=O)c2cc(-c3ccc(F)cc3F)on2)CN(C2CCC(O)CC2)C1)c1ccccn1. The lowest BCUT2D eigenvalue weighted by atomic mass is 9.68. The largest absolute Gasteiger partial charge is 0.393 e. The van der Waals surface area contributed by atoms with Crippen molar-refractivity contribution in [2.45, 2.75) is 76.4 Å². The average molecular weight is 552 g/mol. The van der Waals surface area contributed by atoms with Crippen LogP contribution in [0.25, 0.3) is 11.3 Å². The van der Waals surface area contributed by atoms with Crippen molar-refractivity contribution >= 4 is 11.6 Å². The molecule has 0 radical (unpaired) electrons. The lowest BCUT2D eigenvalue weighted by Gasteiger charge is -2.54. The van der Waals surface area contributed by atoms with Gasteiger partial charge in [-0.15, -0.1) is 0 Å². The molecule has 3 heterocycles. The van der Waals surface area contributed by atoms with Crippen LogP contribution in [0.3, 0.4) is 0 Å². The number of carbonyl (C=O) groups excluding carboxylic acids is 2. The minimum Gasteiger partial charge on any atom is -0.393 e. The molecule has 40 heavy (non-hydrogen) atoms. The lowest BCUT2D eigenvalue weighted by molar-refractivity contribution is -0.128. The van der Waals surface area contributed by atoms with E-state index >= 15 is 0 Å². The first-order valence-corrected chi connectivity index (χ1v) is 13.8. The molecule has 7 nitrogen and oxygen atoms in total. The fourth-order valence-electron chi connectivity index (χ4n) is 6.26. The predicted octanol–water partition coefficient (Wildman–Crippen LogP) is 5.52. The summed E-state index contributed by atoms with van der Waals surface area (Å²) < 4.78 is 32.8. The van der Waals surface area contributed by atoms with Crippen LogP contribution in [0.4, 0.5) is 8.78 Å². The van der Waals surface area contributed by atoms with Crippen molar-refractivity contribution in [3.8, 4) is 11.3 Å². The third kappa shape index (κ3) is 6.20. The van der Waals surface area contributed by atoms with Crippen molar-refractivity contribution in [3.63, 3.8) is 0 Å². The average Bonchev–Trinajstić information content (AvgIpc) is 3.38. The molecule has 0 spiro atoms. The van der Waals surface area contributed by atoms with E-state index in [0.717, 1.165) is 43.5 Å². The molecule has 9 heteroatoms. The highest BCUT2D eigenvalue weighted by Gasteiger charge is 2.49. The molecule has 1 aliphatic carbocycles. The molecule has 2 aliphatic rings. The van der Waals surface area contributed by atoms with Crippen LogP contribution in [-0.2, 0) is 10.2 Å². The van der Waals surface area contributed by atoms with Crippen molar-refractivity contribution in [1.29, 1.82) is 0 Å². The van der Waals surface area contributed by atoms with Crippen molar-refractivity contribution < 1.29 is 28.0 Å². The molecule has 0 atom stereocenters. The zero-order valence-electron chi connectivity index (χ0n) is 22.9. The first-order valence-electron chi connectivity index (χ1n) is 13.8. The Bertz CT molecular complexity index is 1360. The Hall–Kier alpha value is -3.30. The number of halogens is 2. The lowest BCUT2D eigenvalue weighted by Crippen LogP contribution is -2.61. The zero-order chi connectivity index (χ0) is 28.5. The first kappa shape index (κ1) is 28.2. The number of likely N-dealkylation sites (tertiary alicyclic amines) is 1. The molecule has 1 saturated heterocycles. The number of Topliss-reactive ketones (excluding diaryl/α,β-unsaturated/α-hetero) is 2. The van der Waals surface area contributed by atoms with Crippen molar-refractivity contribution in [2.24, 2.45) is 5.41 Å². The summed E-state index contributed by atoms with van der Waals surface area (Å²) in [7, 11) is 0. The second-order valence-corrected chi connectivity index (χ2v) is 12.2. The molecule has 1 aliphatic heterocycles. The molecular formula is C31H35F2N3O4. The van der Waals surface area contributed by atoms with E-state index in [-0.39, 0.29) is 47.5 Å². The van der Waals surface area contributed by atoms with Gasteiger partial charge in [0.25, 0.3) is 0 Å². The Kier molecular flexibility index (Phi) is 7.97. The molecule has 1 aromatic carbocycles. The number of nitrogens with zero attached hydrogens (tertiary/aromatic N) is 3. The van der Waals surface area contributed by atoms with Crippen LogP contribution in [-0.4, -0.2) is 56.9 Å². The van der Waals surface area contributed by atoms with Gasteiger partial charge in [0.2, 0.25) is 0 Å². The first-order chi connectivity index (χ1) is 19.0. The molecule has 1 saturated carbocycles. The fourth-order valence-corrected chi connectivity index (χ4v) is 6.26. The molecule has 1 N–H and O–H groups in total. The van der Waals surface area contributed by atoms with Gasteiger partial charge in [0.15, 0.2) is 11.5 Å². The van der Waals surface area contributed by atoms with Crippen LogP contribution in [0.1, 0.15) is 75.0 Å². The van der Waals surface area contributed by atoms with E-state index in [9.17, 15) is 23.5 Å². The molecule has 5 rings (SSSR count). The van der Waals surface area contributed by atoms with Gasteiger partial charge >= 0.3 is 0 Å². The van der Waals surface area contributed by atoms with Gasteiger partial charge in [-0.2, -0.15) is 0 Å². The summed E-state index contributed by atoms with van der Waals surface area (Å²) in [4.78, 5) is 33.6. The van der Waals surface area contributed by atoms with Gasteiger partial charge in [0, 0.05) is 73.2 Å². The summed E-state index contributed by atoms with van der Waals surface area (Å²) >= 11 is 0. The highest BCUT2D eigenvalue weighted by Crippen LogP contribution is 2.43. The smallest absolute Gasteiger partial charge is 0.185 e. The number of pyridine rings is 1. The van der Waals surface area contributed by atoms with E-state index in [0.29, 0.717) is 25.6 Å². The number of hydrogen-bond acceptors (Lipinski definition) is 7. The minimum atomic E-state index is -0.806. The van der Waals surface area contributed by atoms with E-state index in [1.165, 1.54) is 12.1 Å². The number of aliphatic hydroxyl groups excluding tert-OH is 1. The van der Waals surface area contributed by atoms with Crippen LogP contribution >= 0.6 is 0 Å². The number of hydrogen-bond donors (Lipinski definition) is 1. The molecule has 0 amide bonds. The summed E-state index contributed by atoms with van der Waals surface area (Å²) in [6.07, 6.45) is 5.41. The molecule has 0 bridgehead atoms. The van der Waals surface area contributed by atoms with Gasteiger partial charge < -0.3 is 9.63 Å². The van der Waals surface area contributed by atoms with Crippen molar-refractivity contribution in [2.75, 3.05) is 13.1 Å². The maximum absolute atomic E-state index is 14.3. The molecule has 0 unspecified atom stereocenters. The zero-order valence-corrected chi connectivity index (χ0v) is 22.9. The highest BCUT2D eigenvalue weighted by atomic mass is 19.1. The van der Waals surface area contributed by atoms with E-state index in [4.69, 9.17) is 4.52 Å². The number of carbonyl (C=O) groups is 2. The Morgan fingerprint density at radius 2 is 1.82 bits per heavy atom. The maximum atomic E-state index is 14.3. The number of rotatable bonds is 10. The third-order valence-corrected chi connectivity index (χ3v) is 8.36. The predicted molar refractivity (Wildman–Crippen MR) is 145 cm³/mol. The van der Waals surface area contributed by atoms with E-state index in [1.54, 1.807) is 6.20 Å². The van der Waals surface area contributed by atoms with Gasteiger partial charge in [0.1, 0.15) is 23.1 Å². The topological polar surface area (TPSA) is 96.5 Å². The molecule has 2 aromatic heterocycles. The van der Waals surface area contributed by atoms with Gasteiger partial charge in [-0.05, 0) is 49.9 Å². The quantitative estimate of drug-likeness (QED) is 0.332. The third-order valence-electron chi connectivity index (χ3n) is 8.36. The van der Waals surface area contributed by atoms with Gasteiger partial charge in [-0.3, -0.25) is 19.5 Å². The second-order valence-electron chi connectivity index (χ2n) is 12.2. The van der Waals surface area contributed by atoms with Gasteiger partial charge in [0.05, 0.1) is 11.7 Å².